The van der Waals surface area contributed by atoms with Crippen LogP contribution in [0.3, 0.4) is 0 Å². The van der Waals surface area contributed by atoms with Gasteiger partial charge in [-0.1, -0.05) is 19.1 Å². The Morgan fingerprint density at radius 2 is 1.73 bits per heavy atom. The third-order valence-electron chi connectivity index (χ3n) is 2.36. The van der Waals surface area contributed by atoms with Crippen LogP contribution in [0.5, 0.6) is 0 Å². The third kappa shape index (κ3) is 3.90. The predicted molar refractivity (Wildman–Crippen MR) is 62.1 cm³/mol. The van der Waals surface area contributed by atoms with Crippen molar-refractivity contribution in [1.29, 1.82) is 0 Å². The number of hydrogen-bond donors (Lipinski definition) is 1. The van der Waals surface area contributed by atoms with Gasteiger partial charge in [0.05, 0.1) is 6.54 Å². The summed E-state index contributed by atoms with van der Waals surface area (Å²) in [7, 11) is 3.27. The van der Waals surface area contributed by atoms with E-state index in [9.17, 15) is 0 Å². The Hall–Kier alpha value is -1.06. The fourth-order valence-electron chi connectivity index (χ4n) is 1.32. The molecule has 0 fully saturated rings. The zero-order valence-electron chi connectivity index (χ0n) is 9.62. The van der Waals surface area contributed by atoms with Crippen molar-refractivity contribution in [2.45, 2.75) is 19.6 Å². The van der Waals surface area contributed by atoms with Crippen LogP contribution in [0, 0.1) is 0 Å². The van der Waals surface area contributed by atoms with Gasteiger partial charge in [-0.05, 0) is 24.1 Å². The van der Waals surface area contributed by atoms with Gasteiger partial charge in [-0.25, -0.2) is 0 Å². The van der Waals surface area contributed by atoms with Crippen molar-refractivity contribution >= 4 is 5.69 Å². The largest absolute Gasteiger partial charge is 0.380 e. The molecule has 0 aromatic heterocycles. The lowest BCUT2D eigenvalue weighted by Crippen LogP contribution is -2.23. The topological polar surface area (TPSA) is 30.5 Å². The van der Waals surface area contributed by atoms with E-state index in [4.69, 9.17) is 9.47 Å². The Balaban J connectivity index is 2.43. The van der Waals surface area contributed by atoms with Crippen LogP contribution in [-0.4, -0.2) is 27.1 Å². The molecule has 0 unspecified atom stereocenters. The van der Waals surface area contributed by atoms with Crippen molar-refractivity contribution in [2.75, 3.05) is 26.1 Å². The molecule has 1 aromatic rings. The van der Waals surface area contributed by atoms with Gasteiger partial charge < -0.3 is 14.8 Å². The minimum absolute atomic E-state index is 0.198. The Morgan fingerprint density at radius 3 is 2.20 bits per heavy atom. The lowest BCUT2D eigenvalue weighted by atomic mass is 10.1. The molecule has 0 amide bonds. The predicted octanol–water partition coefficient (Wildman–Crippen LogP) is 2.28. The van der Waals surface area contributed by atoms with Gasteiger partial charge in [-0.3, -0.25) is 0 Å². The van der Waals surface area contributed by atoms with Crippen LogP contribution >= 0.6 is 0 Å². The van der Waals surface area contributed by atoms with Gasteiger partial charge in [0.2, 0.25) is 0 Å². The molecule has 0 aliphatic heterocycles. The summed E-state index contributed by atoms with van der Waals surface area (Å²) in [5.41, 5.74) is 2.43. The number of aryl methyl sites for hydroxylation is 1. The number of hydrogen-bond acceptors (Lipinski definition) is 3. The highest BCUT2D eigenvalue weighted by Crippen LogP contribution is 2.10. The molecule has 84 valence electrons. The Morgan fingerprint density at radius 1 is 1.13 bits per heavy atom. The van der Waals surface area contributed by atoms with Gasteiger partial charge >= 0.3 is 0 Å². The van der Waals surface area contributed by atoms with Gasteiger partial charge in [-0.15, -0.1) is 0 Å². The second-order valence-electron chi connectivity index (χ2n) is 3.33. The van der Waals surface area contributed by atoms with E-state index < -0.39 is 0 Å². The van der Waals surface area contributed by atoms with Gasteiger partial charge in [0, 0.05) is 19.9 Å². The van der Waals surface area contributed by atoms with E-state index in [1.807, 2.05) is 0 Å². The highest BCUT2D eigenvalue weighted by molar-refractivity contribution is 5.44. The molecule has 1 N–H and O–H groups in total. The molecule has 1 rings (SSSR count). The molecule has 0 bridgehead atoms. The Labute approximate surface area is 91.4 Å². The van der Waals surface area contributed by atoms with Crippen molar-refractivity contribution in [2.24, 2.45) is 0 Å². The quantitative estimate of drug-likeness (QED) is 0.729. The Kier molecular flexibility index (Phi) is 5.15. The van der Waals surface area contributed by atoms with Crippen LogP contribution in [-0.2, 0) is 15.9 Å². The van der Waals surface area contributed by atoms with Gasteiger partial charge in [-0.2, -0.15) is 0 Å². The molecule has 0 heterocycles. The summed E-state index contributed by atoms with van der Waals surface area (Å²) in [4.78, 5) is 0. The average Bonchev–Trinajstić information content (AvgIpc) is 2.31. The molecule has 1 aromatic carbocycles. The SMILES string of the molecule is CCc1ccc(NCC(OC)OC)cc1. The summed E-state index contributed by atoms with van der Waals surface area (Å²) >= 11 is 0. The fourth-order valence-corrected chi connectivity index (χ4v) is 1.32. The van der Waals surface area contributed by atoms with Gasteiger partial charge in [0.1, 0.15) is 0 Å². The molecule has 0 saturated carbocycles. The van der Waals surface area contributed by atoms with Gasteiger partial charge in [0.15, 0.2) is 6.29 Å². The highest BCUT2D eigenvalue weighted by atomic mass is 16.7. The average molecular weight is 209 g/mol. The van der Waals surface area contributed by atoms with Crippen molar-refractivity contribution in [3.05, 3.63) is 29.8 Å². The number of benzene rings is 1. The van der Waals surface area contributed by atoms with Gasteiger partial charge in [0.25, 0.3) is 0 Å². The first-order chi connectivity index (χ1) is 7.30. The minimum atomic E-state index is -0.198. The molecule has 0 saturated heterocycles. The molecular weight excluding hydrogens is 190 g/mol. The van der Waals surface area contributed by atoms with E-state index in [1.165, 1.54) is 5.56 Å². The van der Waals surface area contributed by atoms with E-state index in [2.05, 4.69) is 36.5 Å². The van der Waals surface area contributed by atoms with Crippen LogP contribution in [0.25, 0.3) is 0 Å². The van der Waals surface area contributed by atoms with Crippen molar-refractivity contribution < 1.29 is 9.47 Å². The smallest absolute Gasteiger partial charge is 0.173 e. The first-order valence-electron chi connectivity index (χ1n) is 5.18. The molecule has 0 spiro atoms. The normalized spacial score (nSPS) is 10.7. The zero-order valence-corrected chi connectivity index (χ0v) is 9.62. The molecule has 0 atom stereocenters. The highest BCUT2D eigenvalue weighted by Gasteiger charge is 2.03. The third-order valence-corrected chi connectivity index (χ3v) is 2.36. The van der Waals surface area contributed by atoms with E-state index in [1.54, 1.807) is 14.2 Å². The van der Waals surface area contributed by atoms with E-state index >= 15 is 0 Å². The molecule has 15 heavy (non-hydrogen) atoms. The molecule has 0 radical (unpaired) electrons. The molecule has 0 aliphatic rings. The number of anilines is 1. The molecule has 3 nitrogen and oxygen atoms in total. The summed E-state index contributed by atoms with van der Waals surface area (Å²) in [5.74, 6) is 0. The summed E-state index contributed by atoms with van der Waals surface area (Å²) in [6, 6.07) is 8.39. The lowest BCUT2D eigenvalue weighted by molar-refractivity contribution is -0.0914. The summed E-state index contributed by atoms with van der Waals surface area (Å²) in [5, 5.41) is 3.25. The molecule has 3 heteroatoms. The number of ether oxygens (including phenoxy) is 2. The van der Waals surface area contributed by atoms with Crippen molar-refractivity contribution in [3.63, 3.8) is 0 Å². The maximum absolute atomic E-state index is 5.08. The summed E-state index contributed by atoms with van der Waals surface area (Å²) in [6.45, 7) is 2.80. The maximum Gasteiger partial charge on any atom is 0.173 e. The number of rotatable bonds is 6. The standard InChI is InChI=1S/C12H19NO2/c1-4-10-5-7-11(8-6-10)13-9-12(14-2)15-3/h5-8,12-13H,4,9H2,1-3H3. The zero-order chi connectivity index (χ0) is 11.1. The van der Waals surface area contributed by atoms with Crippen LogP contribution in [0.1, 0.15) is 12.5 Å². The van der Waals surface area contributed by atoms with Crippen LogP contribution in [0.15, 0.2) is 24.3 Å². The monoisotopic (exact) mass is 209 g/mol. The lowest BCUT2D eigenvalue weighted by Gasteiger charge is -2.14. The number of methoxy groups -OCH3 is 2. The van der Waals surface area contributed by atoms with Crippen LogP contribution in [0.2, 0.25) is 0 Å². The van der Waals surface area contributed by atoms with Crippen molar-refractivity contribution in [1.82, 2.24) is 0 Å². The Bertz CT molecular complexity index is 267. The summed E-state index contributed by atoms with van der Waals surface area (Å²) in [6.07, 6.45) is 0.870. The van der Waals surface area contributed by atoms with Crippen LogP contribution < -0.4 is 5.32 Å². The van der Waals surface area contributed by atoms with Crippen LogP contribution in [0.4, 0.5) is 5.69 Å². The van der Waals surface area contributed by atoms with E-state index in [-0.39, 0.29) is 6.29 Å². The number of nitrogens with one attached hydrogen (secondary N) is 1. The fraction of sp³-hybridized carbons (Fsp3) is 0.500. The first-order valence-corrected chi connectivity index (χ1v) is 5.18. The molecule has 0 aliphatic carbocycles. The summed E-state index contributed by atoms with van der Waals surface area (Å²) < 4.78 is 10.2. The van der Waals surface area contributed by atoms with E-state index in [0.717, 1.165) is 12.1 Å². The van der Waals surface area contributed by atoms with E-state index in [0.29, 0.717) is 6.54 Å². The molecular formula is C12H19NO2. The minimum Gasteiger partial charge on any atom is -0.380 e. The second-order valence-corrected chi connectivity index (χ2v) is 3.33. The second kappa shape index (κ2) is 6.43. The maximum atomic E-state index is 5.08. The van der Waals surface area contributed by atoms with Crippen molar-refractivity contribution in [3.8, 4) is 0 Å². The first kappa shape index (κ1) is 12.0.